The molecule has 0 bridgehead atoms. The van der Waals surface area contributed by atoms with Crippen LogP contribution in [0.3, 0.4) is 0 Å². The van der Waals surface area contributed by atoms with E-state index in [2.05, 4.69) is 24.6 Å². The largest absolute Gasteiger partial charge is 0.493 e. The molecular formula is C27H20FN3O5S. The number of nitrogens with zero attached hydrogens (tertiary/aromatic N) is 2. The van der Waals surface area contributed by atoms with Crippen molar-refractivity contribution in [2.45, 2.75) is 25.8 Å². The molecule has 37 heavy (non-hydrogen) atoms. The van der Waals surface area contributed by atoms with Crippen molar-refractivity contribution < 1.29 is 21.2 Å². The Hall–Kier alpha value is -4.36. The van der Waals surface area contributed by atoms with Crippen LogP contribution in [-0.4, -0.2) is 29.6 Å². The molecule has 6 rings (SSSR count). The lowest BCUT2D eigenvalue weighted by molar-refractivity contribution is 0.342. The third-order valence-corrected chi connectivity index (χ3v) is 6.84. The van der Waals surface area contributed by atoms with Gasteiger partial charge in [0.25, 0.3) is 0 Å². The number of aromatic amines is 1. The molecule has 0 unspecified atom stereocenters. The Labute approximate surface area is 211 Å². The average Bonchev–Trinajstić information content (AvgIpc) is 3.62. The third-order valence-electron chi connectivity index (χ3n) is 6.45. The summed E-state index contributed by atoms with van der Waals surface area (Å²) >= 11 is 0. The lowest BCUT2D eigenvalue weighted by Crippen LogP contribution is -2.11. The van der Waals surface area contributed by atoms with Crippen LogP contribution in [-0.2, 0) is 10.5 Å². The second-order valence-corrected chi connectivity index (χ2v) is 9.82. The van der Waals surface area contributed by atoms with Crippen molar-refractivity contribution in [3.05, 3.63) is 64.6 Å². The topological polar surface area (TPSA) is 103 Å². The first-order valence-electron chi connectivity index (χ1n) is 11.6. The number of fused-ring (bicyclic) bond motifs is 4. The standard InChI is InChI=1S/C27H20FN3O5S/c1-3-15-5-8-19-22(9-15)30-27-25(19)26(32)21-12-24(35-4-2)20(11-23(21)31(27)17-6-7-17)16-10-18(14-29-13-16)36-37(28,33)34/h1,5,8-14,17,30H,4,6-7H2,2H3. The minimum absolute atomic E-state index is 0.146. The SMILES string of the molecule is C#Cc1ccc2c(c1)[nH]c1c2c(=O)c2cc(OCC)c(-c3cncc(OS(=O)(=O)F)c3)cc2n1C1CC1. The molecule has 8 nitrogen and oxygen atoms in total. The first kappa shape index (κ1) is 23.1. The zero-order valence-corrected chi connectivity index (χ0v) is 20.4. The van der Waals surface area contributed by atoms with Crippen molar-refractivity contribution >= 4 is 43.3 Å². The normalized spacial score (nSPS) is 13.8. The quantitative estimate of drug-likeness (QED) is 0.251. The molecule has 3 heterocycles. The summed E-state index contributed by atoms with van der Waals surface area (Å²) in [6, 6.07) is 10.6. The van der Waals surface area contributed by atoms with E-state index in [1.807, 2.05) is 31.2 Å². The number of aromatic nitrogens is 3. The Kier molecular flexibility index (Phi) is 5.21. The van der Waals surface area contributed by atoms with Gasteiger partial charge in [-0.05, 0) is 50.1 Å². The number of H-pyrrole nitrogens is 1. The summed E-state index contributed by atoms with van der Waals surface area (Å²) in [5.41, 5.74) is 3.73. The maximum Gasteiger partial charge on any atom is 0.488 e. The average molecular weight is 518 g/mol. The van der Waals surface area contributed by atoms with Crippen LogP contribution in [0.1, 0.15) is 31.4 Å². The smallest absolute Gasteiger partial charge is 0.488 e. The third kappa shape index (κ3) is 3.97. The molecule has 0 amide bonds. The van der Waals surface area contributed by atoms with Crippen LogP contribution in [0.15, 0.2) is 53.6 Å². The molecule has 5 aromatic rings. The number of pyridine rings is 2. The second-order valence-electron chi connectivity index (χ2n) is 8.87. The van der Waals surface area contributed by atoms with E-state index in [1.165, 1.54) is 12.3 Å². The molecule has 3 aromatic heterocycles. The molecule has 1 aliphatic carbocycles. The number of hydrogen-bond donors (Lipinski definition) is 1. The van der Waals surface area contributed by atoms with Crippen molar-refractivity contribution in [2.75, 3.05) is 6.61 Å². The maximum atomic E-state index is 13.9. The number of rotatable bonds is 6. The van der Waals surface area contributed by atoms with Crippen molar-refractivity contribution in [2.24, 2.45) is 0 Å². The molecule has 1 fully saturated rings. The summed E-state index contributed by atoms with van der Waals surface area (Å²) in [5, 5.41) is 1.86. The van der Waals surface area contributed by atoms with E-state index in [1.54, 1.807) is 6.07 Å². The molecule has 0 atom stereocenters. The van der Waals surface area contributed by atoms with Crippen molar-refractivity contribution in [1.82, 2.24) is 14.5 Å². The Bertz CT molecular complexity index is 1950. The highest BCUT2D eigenvalue weighted by Gasteiger charge is 2.29. The number of hydrogen-bond acceptors (Lipinski definition) is 6. The molecule has 0 aliphatic heterocycles. The molecule has 1 aliphatic rings. The zero-order chi connectivity index (χ0) is 25.9. The van der Waals surface area contributed by atoms with E-state index < -0.39 is 10.5 Å². The Morgan fingerprint density at radius 2 is 2.00 bits per heavy atom. The Morgan fingerprint density at radius 1 is 1.19 bits per heavy atom. The van der Waals surface area contributed by atoms with Crippen LogP contribution in [0.5, 0.6) is 11.5 Å². The minimum atomic E-state index is -5.22. The van der Waals surface area contributed by atoms with Gasteiger partial charge in [0.1, 0.15) is 11.4 Å². The lowest BCUT2D eigenvalue weighted by Gasteiger charge is -2.17. The fourth-order valence-electron chi connectivity index (χ4n) is 4.83. The molecule has 1 saturated carbocycles. The molecular weight excluding hydrogens is 497 g/mol. The molecule has 2 aromatic carbocycles. The van der Waals surface area contributed by atoms with Crippen LogP contribution < -0.4 is 14.3 Å². The lowest BCUT2D eigenvalue weighted by atomic mass is 10.0. The molecule has 186 valence electrons. The van der Waals surface area contributed by atoms with Gasteiger partial charge >= 0.3 is 10.5 Å². The second kappa shape index (κ2) is 8.35. The van der Waals surface area contributed by atoms with E-state index >= 15 is 0 Å². The molecule has 0 saturated heterocycles. The van der Waals surface area contributed by atoms with E-state index in [9.17, 15) is 17.1 Å². The fourth-order valence-corrected chi connectivity index (χ4v) is 5.15. The summed E-state index contributed by atoms with van der Waals surface area (Å²) in [5.74, 6) is 2.76. The van der Waals surface area contributed by atoms with E-state index in [-0.39, 0.29) is 17.2 Å². The summed E-state index contributed by atoms with van der Waals surface area (Å²) in [6.45, 7) is 2.14. The van der Waals surface area contributed by atoms with Gasteiger partial charge in [0, 0.05) is 39.8 Å². The van der Waals surface area contributed by atoms with Gasteiger partial charge in [0.15, 0.2) is 11.2 Å². The van der Waals surface area contributed by atoms with Gasteiger partial charge in [-0.1, -0.05) is 15.9 Å². The van der Waals surface area contributed by atoms with E-state index in [4.69, 9.17) is 11.2 Å². The molecule has 0 spiro atoms. The summed E-state index contributed by atoms with van der Waals surface area (Å²) in [6.07, 6.45) is 10.1. The van der Waals surface area contributed by atoms with Gasteiger partial charge in [0.2, 0.25) is 0 Å². The number of terminal acetylenes is 1. The van der Waals surface area contributed by atoms with Crippen LogP contribution in [0.2, 0.25) is 0 Å². The first-order valence-corrected chi connectivity index (χ1v) is 12.9. The molecule has 1 N–H and O–H groups in total. The Balaban J connectivity index is 1.68. The van der Waals surface area contributed by atoms with Crippen LogP contribution >= 0.6 is 0 Å². The number of ether oxygens (including phenoxy) is 1. The Morgan fingerprint density at radius 3 is 2.70 bits per heavy atom. The van der Waals surface area contributed by atoms with E-state index in [0.717, 1.165) is 29.9 Å². The van der Waals surface area contributed by atoms with Gasteiger partial charge in [-0.25, -0.2) is 0 Å². The first-order chi connectivity index (χ1) is 17.8. The number of nitrogens with one attached hydrogen (secondary N) is 1. The van der Waals surface area contributed by atoms with Gasteiger partial charge < -0.3 is 18.5 Å². The highest BCUT2D eigenvalue weighted by molar-refractivity contribution is 7.81. The summed E-state index contributed by atoms with van der Waals surface area (Å²) in [7, 11) is -5.22. The number of benzene rings is 2. The predicted octanol–water partition coefficient (Wildman–Crippen LogP) is 5.01. The summed E-state index contributed by atoms with van der Waals surface area (Å²) < 4.78 is 47.5. The molecule has 0 radical (unpaired) electrons. The van der Waals surface area contributed by atoms with Gasteiger partial charge in [-0.3, -0.25) is 9.78 Å². The van der Waals surface area contributed by atoms with Crippen molar-refractivity contribution in [3.8, 4) is 35.0 Å². The van der Waals surface area contributed by atoms with Crippen molar-refractivity contribution in [1.29, 1.82) is 0 Å². The van der Waals surface area contributed by atoms with Crippen molar-refractivity contribution in [3.63, 3.8) is 0 Å². The molecule has 10 heteroatoms. The van der Waals surface area contributed by atoms with Gasteiger partial charge in [-0.2, -0.15) is 8.42 Å². The maximum absolute atomic E-state index is 13.9. The zero-order valence-electron chi connectivity index (χ0n) is 19.6. The van der Waals surface area contributed by atoms with E-state index in [0.29, 0.717) is 51.0 Å². The van der Waals surface area contributed by atoms with Crippen LogP contribution in [0.4, 0.5) is 3.89 Å². The monoisotopic (exact) mass is 517 g/mol. The fraction of sp³-hybridized carbons (Fsp3) is 0.185. The highest BCUT2D eigenvalue weighted by atomic mass is 32.3. The predicted molar refractivity (Wildman–Crippen MR) is 139 cm³/mol. The van der Waals surface area contributed by atoms with Crippen LogP contribution in [0, 0.1) is 12.3 Å². The van der Waals surface area contributed by atoms with Crippen LogP contribution in [0.25, 0.3) is 44.0 Å². The van der Waals surface area contributed by atoms with Gasteiger partial charge in [0.05, 0.1) is 29.1 Å². The highest BCUT2D eigenvalue weighted by Crippen LogP contribution is 2.43. The minimum Gasteiger partial charge on any atom is -0.493 e. The van der Waals surface area contributed by atoms with Gasteiger partial charge in [-0.15, -0.1) is 6.42 Å². The summed E-state index contributed by atoms with van der Waals surface area (Å²) in [4.78, 5) is 21.3. The number of halogens is 1.